The number of likely N-dealkylation sites (N-methyl/N-ethyl adjacent to an activating group) is 1. The highest BCUT2D eigenvalue weighted by Gasteiger charge is 2.35. The Hall–Kier alpha value is -0.740. The standard InChI is InChI=1S/C10H14N2OS/c1-10(2)7-12(3)14(13)9-8(10)5-4-6-11-9/h4-6H,7H2,1-3H3. The zero-order chi connectivity index (χ0) is 10.3. The van der Waals surface area contributed by atoms with Crippen molar-refractivity contribution in [2.45, 2.75) is 24.3 Å². The van der Waals surface area contributed by atoms with E-state index in [1.807, 2.05) is 23.5 Å². The second-order valence-corrected chi connectivity index (χ2v) is 5.78. The molecule has 0 saturated carbocycles. The normalized spacial score (nSPS) is 25.8. The van der Waals surface area contributed by atoms with Crippen molar-refractivity contribution in [3.05, 3.63) is 23.9 Å². The molecule has 76 valence electrons. The Morgan fingerprint density at radius 3 is 3.00 bits per heavy atom. The minimum atomic E-state index is -1.08. The molecule has 1 aromatic rings. The molecule has 1 unspecified atom stereocenters. The molecule has 4 heteroatoms. The average molecular weight is 210 g/mol. The Kier molecular flexibility index (Phi) is 2.20. The van der Waals surface area contributed by atoms with Gasteiger partial charge in [0.25, 0.3) is 0 Å². The molecule has 0 spiro atoms. The summed E-state index contributed by atoms with van der Waals surface area (Å²) in [6.07, 6.45) is 1.70. The van der Waals surface area contributed by atoms with Crippen molar-refractivity contribution in [1.82, 2.24) is 9.29 Å². The predicted molar refractivity (Wildman–Crippen MR) is 56.3 cm³/mol. The van der Waals surface area contributed by atoms with Crippen molar-refractivity contribution in [3.8, 4) is 0 Å². The van der Waals surface area contributed by atoms with E-state index >= 15 is 0 Å². The van der Waals surface area contributed by atoms with Gasteiger partial charge in [0.2, 0.25) is 0 Å². The van der Waals surface area contributed by atoms with Crippen LogP contribution in [-0.4, -0.2) is 27.1 Å². The number of aromatic nitrogens is 1. The summed E-state index contributed by atoms with van der Waals surface area (Å²) in [6.45, 7) is 5.11. The zero-order valence-electron chi connectivity index (χ0n) is 8.65. The van der Waals surface area contributed by atoms with Crippen LogP contribution < -0.4 is 0 Å². The fourth-order valence-electron chi connectivity index (χ4n) is 1.89. The van der Waals surface area contributed by atoms with E-state index in [-0.39, 0.29) is 5.41 Å². The third-order valence-electron chi connectivity index (χ3n) is 2.57. The molecular formula is C10H14N2OS. The topological polar surface area (TPSA) is 33.2 Å². The lowest BCUT2D eigenvalue weighted by Gasteiger charge is -2.35. The van der Waals surface area contributed by atoms with Gasteiger partial charge in [0.15, 0.2) is 0 Å². The minimum Gasteiger partial charge on any atom is -0.246 e. The molecule has 2 heterocycles. The molecule has 0 radical (unpaired) electrons. The number of hydrogen-bond acceptors (Lipinski definition) is 2. The van der Waals surface area contributed by atoms with E-state index in [9.17, 15) is 4.21 Å². The second-order valence-electron chi connectivity index (χ2n) is 4.28. The smallest absolute Gasteiger partial charge is 0.146 e. The Morgan fingerprint density at radius 2 is 2.29 bits per heavy atom. The molecule has 3 nitrogen and oxygen atoms in total. The maximum atomic E-state index is 11.9. The lowest BCUT2D eigenvalue weighted by Crippen LogP contribution is -2.41. The summed E-state index contributed by atoms with van der Waals surface area (Å²) in [7, 11) is 0.786. The fraction of sp³-hybridized carbons (Fsp3) is 0.500. The fourth-order valence-corrected chi connectivity index (χ4v) is 3.31. The van der Waals surface area contributed by atoms with Crippen LogP contribution in [0.15, 0.2) is 23.4 Å². The number of rotatable bonds is 0. The molecule has 0 saturated heterocycles. The third-order valence-corrected chi connectivity index (χ3v) is 3.92. The van der Waals surface area contributed by atoms with Gasteiger partial charge in [-0.15, -0.1) is 0 Å². The summed E-state index contributed by atoms with van der Waals surface area (Å²) < 4.78 is 13.7. The quantitative estimate of drug-likeness (QED) is 0.647. The van der Waals surface area contributed by atoms with E-state index in [1.165, 1.54) is 0 Å². The molecule has 2 rings (SSSR count). The van der Waals surface area contributed by atoms with Crippen LogP contribution >= 0.6 is 0 Å². The van der Waals surface area contributed by atoms with Crippen LogP contribution in [0.5, 0.6) is 0 Å². The first kappa shape index (κ1) is 9.80. The molecule has 0 fully saturated rings. The zero-order valence-corrected chi connectivity index (χ0v) is 9.47. The van der Waals surface area contributed by atoms with E-state index in [1.54, 1.807) is 6.20 Å². The van der Waals surface area contributed by atoms with Gasteiger partial charge in [-0.25, -0.2) is 13.5 Å². The molecule has 1 aliphatic heterocycles. The Morgan fingerprint density at radius 1 is 1.57 bits per heavy atom. The van der Waals surface area contributed by atoms with Crippen molar-refractivity contribution in [2.24, 2.45) is 0 Å². The first-order valence-corrected chi connectivity index (χ1v) is 5.71. The Bertz CT molecular complexity index is 389. The maximum Gasteiger partial charge on any atom is 0.146 e. The van der Waals surface area contributed by atoms with E-state index in [0.29, 0.717) is 5.03 Å². The Balaban J connectivity index is 2.62. The summed E-state index contributed by atoms with van der Waals surface area (Å²) in [6, 6.07) is 3.93. The van der Waals surface area contributed by atoms with Crippen LogP contribution in [0.1, 0.15) is 19.4 Å². The van der Waals surface area contributed by atoms with E-state index in [2.05, 4.69) is 18.8 Å². The van der Waals surface area contributed by atoms with Crippen molar-refractivity contribution in [1.29, 1.82) is 0 Å². The van der Waals surface area contributed by atoms with Crippen LogP contribution in [0, 0.1) is 0 Å². The number of hydrogen-bond donors (Lipinski definition) is 0. The average Bonchev–Trinajstić information content (AvgIpc) is 2.14. The lowest BCUT2D eigenvalue weighted by molar-refractivity contribution is 0.365. The molecule has 1 aliphatic rings. The van der Waals surface area contributed by atoms with Gasteiger partial charge in [0.1, 0.15) is 16.0 Å². The summed E-state index contributed by atoms with van der Waals surface area (Å²) in [5.41, 5.74) is 1.14. The van der Waals surface area contributed by atoms with Gasteiger partial charge in [-0.2, -0.15) is 0 Å². The maximum absolute atomic E-state index is 11.9. The highest BCUT2D eigenvalue weighted by molar-refractivity contribution is 7.82. The van der Waals surface area contributed by atoms with E-state index in [0.717, 1.165) is 12.1 Å². The summed E-state index contributed by atoms with van der Waals surface area (Å²) in [5.74, 6) is 0. The van der Waals surface area contributed by atoms with Crippen LogP contribution in [0.2, 0.25) is 0 Å². The molecule has 0 amide bonds. The summed E-state index contributed by atoms with van der Waals surface area (Å²) in [4.78, 5) is 4.20. The molecule has 1 atom stereocenters. The highest BCUT2D eigenvalue weighted by Crippen LogP contribution is 2.33. The number of pyridine rings is 1. The van der Waals surface area contributed by atoms with Crippen LogP contribution in [0.3, 0.4) is 0 Å². The van der Waals surface area contributed by atoms with Gasteiger partial charge in [0.05, 0.1) is 0 Å². The molecule has 0 aromatic carbocycles. The van der Waals surface area contributed by atoms with Crippen LogP contribution in [-0.2, 0) is 16.4 Å². The molecule has 1 aromatic heterocycles. The summed E-state index contributed by atoms with van der Waals surface area (Å²) >= 11 is 0. The molecular weight excluding hydrogens is 196 g/mol. The largest absolute Gasteiger partial charge is 0.246 e. The van der Waals surface area contributed by atoms with Crippen molar-refractivity contribution in [3.63, 3.8) is 0 Å². The molecule has 0 N–H and O–H groups in total. The first-order chi connectivity index (χ1) is 6.52. The first-order valence-electron chi connectivity index (χ1n) is 4.61. The molecule has 14 heavy (non-hydrogen) atoms. The van der Waals surface area contributed by atoms with Crippen LogP contribution in [0.25, 0.3) is 0 Å². The van der Waals surface area contributed by atoms with Crippen molar-refractivity contribution < 1.29 is 4.21 Å². The van der Waals surface area contributed by atoms with Crippen molar-refractivity contribution >= 4 is 11.0 Å². The lowest BCUT2D eigenvalue weighted by atomic mass is 9.85. The Labute approximate surface area is 86.7 Å². The summed E-state index contributed by atoms with van der Waals surface area (Å²) in [5, 5.41) is 0.714. The van der Waals surface area contributed by atoms with E-state index < -0.39 is 11.0 Å². The number of fused-ring (bicyclic) bond motifs is 1. The monoisotopic (exact) mass is 210 g/mol. The highest BCUT2D eigenvalue weighted by atomic mass is 32.2. The van der Waals surface area contributed by atoms with E-state index in [4.69, 9.17) is 0 Å². The second kappa shape index (κ2) is 3.14. The molecule has 0 aliphatic carbocycles. The number of nitrogens with zero attached hydrogens (tertiary/aromatic N) is 2. The SMILES string of the molecule is CN1CC(C)(C)c2cccnc2S1=O. The van der Waals surface area contributed by atoms with Crippen molar-refractivity contribution in [2.75, 3.05) is 13.6 Å². The predicted octanol–water partition coefficient (Wildman–Crippen LogP) is 1.33. The van der Waals surface area contributed by atoms with Gasteiger partial charge in [0, 0.05) is 25.2 Å². The van der Waals surface area contributed by atoms with Gasteiger partial charge in [-0.1, -0.05) is 19.9 Å². The third kappa shape index (κ3) is 1.38. The molecule has 0 bridgehead atoms. The van der Waals surface area contributed by atoms with Gasteiger partial charge >= 0.3 is 0 Å². The van der Waals surface area contributed by atoms with Gasteiger partial charge in [-0.05, 0) is 11.6 Å². The van der Waals surface area contributed by atoms with Crippen LogP contribution in [0.4, 0.5) is 0 Å². The van der Waals surface area contributed by atoms with Gasteiger partial charge < -0.3 is 0 Å². The van der Waals surface area contributed by atoms with Gasteiger partial charge in [-0.3, -0.25) is 0 Å². The minimum absolute atomic E-state index is 0.0340.